The number of rotatable bonds is 7. The number of amides is 1. The van der Waals surface area contributed by atoms with Gasteiger partial charge in [0.25, 0.3) is 0 Å². The fraction of sp³-hybridized carbons (Fsp3) is 0.500. The van der Waals surface area contributed by atoms with Crippen LogP contribution in [0.1, 0.15) is 45.2 Å². The number of aliphatic carboxylic acids is 1. The Morgan fingerprint density at radius 1 is 1.20 bits per heavy atom. The van der Waals surface area contributed by atoms with E-state index in [0.29, 0.717) is 5.56 Å². The minimum Gasteiger partial charge on any atom is -0.479 e. The first-order chi connectivity index (χ1) is 9.47. The quantitative estimate of drug-likeness (QED) is 0.805. The van der Waals surface area contributed by atoms with E-state index in [2.05, 4.69) is 5.32 Å². The number of carbonyl (C=O) groups is 2. The van der Waals surface area contributed by atoms with Gasteiger partial charge in [0.15, 0.2) is 6.04 Å². The van der Waals surface area contributed by atoms with E-state index in [1.807, 2.05) is 26.8 Å². The number of nitrogens with one attached hydrogen (secondary N) is 1. The van der Waals surface area contributed by atoms with Crippen molar-refractivity contribution in [1.29, 1.82) is 0 Å². The summed E-state index contributed by atoms with van der Waals surface area (Å²) in [7, 11) is 0. The van der Waals surface area contributed by atoms with Crippen molar-refractivity contribution in [3.63, 3.8) is 0 Å². The van der Waals surface area contributed by atoms with Crippen LogP contribution in [0.4, 0.5) is 0 Å². The van der Waals surface area contributed by atoms with E-state index in [-0.39, 0.29) is 17.7 Å². The Hall–Kier alpha value is -1.84. The minimum atomic E-state index is -1.04. The van der Waals surface area contributed by atoms with Crippen LogP contribution in [0.2, 0.25) is 0 Å². The van der Waals surface area contributed by atoms with Crippen molar-refractivity contribution >= 4 is 11.9 Å². The summed E-state index contributed by atoms with van der Waals surface area (Å²) in [6, 6.07) is 7.79. The summed E-state index contributed by atoms with van der Waals surface area (Å²) in [5.74, 6) is -1.17. The van der Waals surface area contributed by atoms with Gasteiger partial charge in [-0.1, -0.05) is 57.5 Å². The van der Waals surface area contributed by atoms with Crippen molar-refractivity contribution < 1.29 is 14.7 Å². The molecule has 1 rings (SSSR count). The van der Waals surface area contributed by atoms with Crippen molar-refractivity contribution in [1.82, 2.24) is 5.32 Å². The van der Waals surface area contributed by atoms with Gasteiger partial charge in [-0.3, -0.25) is 4.79 Å². The summed E-state index contributed by atoms with van der Waals surface area (Å²) in [6.45, 7) is 5.99. The first-order valence-electron chi connectivity index (χ1n) is 7.05. The monoisotopic (exact) mass is 277 g/mol. The molecule has 2 unspecified atom stereocenters. The summed E-state index contributed by atoms with van der Waals surface area (Å²) in [4.78, 5) is 23.7. The Kier molecular flexibility index (Phi) is 6.22. The maximum atomic E-state index is 12.3. The smallest absolute Gasteiger partial charge is 0.330 e. The highest BCUT2D eigenvalue weighted by atomic mass is 16.4. The van der Waals surface area contributed by atoms with Gasteiger partial charge in [-0.15, -0.1) is 0 Å². The van der Waals surface area contributed by atoms with E-state index >= 15 is 0 Å². The van der Waals surface area contributed by atoms with Crippen molar-refractivity contribution in [3.05, 3.63) is 35.9 Å². The Balaban J connectivity index is 2.86. The first-order valence-corrected chi connectivity index (χ1v) is 7.05. The maximum absolute atomic E-state index is 12.3. The third kappa shape index (κ3) is 4.37. The summed E-state index contributed by atoms with van der Waals surface area (Å²) in [6.07, 6.45) is 1.67. The number of carboxylic acids is 1. The molecule has 0 heterocycles. The van der Waals surface area contributed by atoms with E-state index < -0.39 is 12.0 Å². The predicted octanol–water partition coefficient (Wildman–Crippen LogP) is 3.00. The predicted molar refractivity (Wildman–Crippen MR) is 78.2 cm³/mol. The molecule has 1 aromatic rings. The van der Waals surface area contributed by atoms with Crippen LogP contribution in [-0.2, 0) is 9.59 Å². The topological polar surface area (TPSA) is 66.4 Å². The lowest BCUT2D eigenvalue weighted by Crippen LogP contribution is -2.39. The Morgan fingerprint density at radius 2 is 1.80 bits per heavy atom. The van der Waals surface area contributed by atoms with Gasteiger partial charge in [0.1, 0.15) is 0 Å². The Bertz CT molecular complexity index is 442. The molecule has 20 heavy (non-hydrogen) atoms. The Morgan fingerprint density at radius 3 is 2.25 bits per heavy atom. The standard InChI is InChI=1S/C16H23NO3/c1-4-8-13(11(2)3)15(18)17-14(16(19)20)12-9-6-5-7-10-12/h5-7,9-11,13-14H,4,8H2,1-3H3,(H,17,18)(H,19,20). The summed E-state index contributed by atoms with van der Waals surface area (Å²) < 4.78 is 0. The van der Waals surface area contributed by atoms with E-state index in [1.54, 1.807) is 24.3 Å². The molecule has 4 heteroatoms. The van der Waals surface area contributed by atoms with Gasteiger partial charge in [0.05, 0.1) is 0 Å². The second-order valence-corrected chi connectivity index (χ2v) is 5.33. The van der Waals surface area contributed by atoms with E-state index in [0.717, 1.165) is 12.8 Å². The summed E-state index contributed by atoms with van der Waals surface area (Å²) in [5.41, 5.74) is 0.590. The summed E-state index contributed by atoms with van der Waals surface area (Å²) in [5, 5.41) is 12.0. The van der Waals surface area contributed by atoms with E-state index in [1.165, 1.54) is 0 Å². The van der Waals surface area contributed by atoms with Crippen molar-refractivity contribution in [2.45, 2.75) is 39.7 Å². The molecule has 1 amide bonds. The average molecular weight is 277 g/mol. The van der Waals surface area contributed by atoms with Crippen molar-refractivity contribution in [3.8, 4) is 0 Å². The zero-order valence-electron chi connectivity index (χ0n) is 12.3. The molecule has 0 spiro atoms. The third-order valence-corrected chi connectivity index (χ3v) is 3.41. The molecule has 0 saturated carbocycles. The second kappa shape index (κ2) is 7.68. The lowest BCUT2D eigenvalue weighted by molar-refractivity contribution is -0.143. The van der Waals surface area contributed by atoms with Gasteiger partial charge in [-0.25, -0.2) is 4.79 Å². The fourth-order valence-electron chi connectivity index (χ4n) is 2.26. The molecule has 0 saturated heterocycles. The highest BCUT2D eigenvalue weighted by Gasteiger charge is 2.27. The first kappa shape index (κ1) is 16.2. The highest BCUT2D eigenvalue weighted by Crippen LogP contribution is 2.20. The molecule has 2 atom stereocenters. The van der Waals surface area contributed by atoms with Gasteiger partial charge < -0.3 is 10.4 Å². The van der Waals surface area contributed by atoms with Crippen LogP contribution in [-0.4, -0.2) is 17.0 Å². The molecular formula is C16H23NO3. The highest BCUT2D eigenvalue weighted by molar-refractivity contribution is 5.85. The number of carboxylic acid groups (broad SMARTS) is 1. The van der Waals surface area contributed by atoms with Crippen LogP contribution < -0.4 is 5.32 Å². The minimum absolute atomic E-state index is 0.148. The van der Waals surface area contributed by atoms with Gasteiger partial charge in [0, 0.05) is 5.92 Å². The van der Waals surface area contributed by atoms with Gasteiger partial charge >= 0.3 is 5.97 Å². The lowest BCUT2D eigenvalue weighted by atomic mass is 9.90. The number of hydrogen-bond acceptors (Lipinski definition) is 2. The molecule has 2 N–H and O–H groups in total. The largest absolute Gasteiger partial charge is 0.479 e. The van der Waals surface area contributed by atoms with Crippen LogP contribution in [0.3, 0.4) is 0 Å². The van der Waals surface area contributed by atoms with Crippen LogP contribution in [0.5, 0.6) is 0 Å². The molecule has 0 bridgehead atoms. The van der Waals surface area contributed by atoms with Crippen LogP contribution >= 0.6 is 0 Å². The fourth-order valence-corrected chi connectivity index (χ4v) is 2.26. The lowest BCUT2D eigenvalue weighted by Gasteiger charge is -2.22. The molecule has 1 aromatic carbocycles. The number of hydrogen-bond donors (Lipinski definition) is 2. The Labute approximate surface area is 120 Å². The molecule has 0 fully saturated rings. The molecule has 0 radical (unpaired) electrons. The second-order valence-electron chi connectivity index (χ2n) is 5.33. The zero-order chi connectivity index (χ0) is 15.1. The SMILES string of the molecule is CCCC(C(=O)NC(C(=O)O)c1ccccc1)C(C)C. The molecule has 0 aliphatic carbocycles. The molecule has 4 nitrogen and oxygen atoms in total. The molecule has 0 aromatic heterocycles. The zero-order valence-corrected chi connectivity index (χ0v) is 12.3. The van der Waals surface area contributed by atoms with Gasteiger partial charge in [0.2, 0.25) is 5.91 Å². The normalized spacial score (nSPS) is 13.8. The molecule has 0 aliphatic heterocycles. The maximum Gasteiger partial charge on any atom is 0.330 e. The molecule has 110 valence electrons. The van der Waals surface area contributed by atoms with Crippen molar-refractivity contribution in [2.24, 2.45) is 11.8 Å². The van der Waals surface area contributed by atoms with Gasteiger partial charge in [-0.2, -0.15) is 0 Å². The average Bonchev–Trinajstić information content (AvgIpc) is 2.42. The van der Waals surface area contributed by atoms with Crippen LogP contribution in [0.25, 0.3) is 0 Å². The molecular weight excluding hydrogens is 254 g/mol. The van der Waals surface area contributed by atoms with Crippen molar-refractivity contribution in [2.75, 3.05) is 0 Å². The third-order valence-electron chi connectivity index (χ3n) is 3.41. The number of carbonyl (C=O) groups excluding carboxylic acids is 1. The van der Waals surface area contributed by atoms with Crippen LogP contribution in [0.15, 0.2) is 30.3 Å². The summed E-state index contributed by atoms with van der Waals surface area (Å²) >= 11 is 0. The molecule has 0 aliphatic rings. The van der Waals surface area contributed by atoms with E-state index in [9.17, 15) is 14.7 Å². The van der Waals surface area contributed by atoms with Gasteiger partial charge in [-0.05, 0) is 17.9 Å². The van der Waals surface area contributed by atoms with Crippen LogP contribution in [0, 0.1) is 11.8 Å². The van der Waals surface area contributed by atoms with E-state index in [4.69, 9.17) is 0 Å². The number of benzene rings is 1.